The van der Waals surface area contributed by atoms with Crippen LogP contribution in [0.3, 0.4) is 0 Å². The summed E-state index contributed by atoms with van der Waals surface area (Å²) in [4.78, 5) is 33.1. The monoisotopic (exact) mass is 329 g/mol. The molecule has 0 radical (unpaired) electrons. The van der Waals surface area contributed by atoms with Crippen molar-refractivity contribution in [2.75, 3.05) is 6.61 Å². The van der Waals surface area contributed by atoms with Crippen molar-refractivity contribution < 1.29 is 19.2 Å². The summed E-state index contributed by atoms with van der Waals surface area (Å²) in [7, 11) is 0. The summed E-state index contributed by atoms with van der Waals surface area (Å²) in [6.45, 7) is 3.38. The van der Waals surface area contributed by atoms with Crippen molar-refractivity contribution in [2.45, 2.75) is 18.7 Å². The Morgan fingerprint density at radius 1 is 1.37 bits per heavy atom. The molecular weight excluding hydrogens is 318 g/mol. The van der Waals surface area contributed by atoms with Crippen LogP contribution in [0.2, 0.25) is 0 Å². The molecule has 0 aromatic heterocycles. The van der Waals surface area contributed by atoms with Crippen LogP contribution in [0.15, 0.2) is 18.2 Å². The summed E-state index contributed by atoms with van der Waals surface area (Å²) < 4.78 is 4.77. The van der Waals surface area contributed by atoms with Gasteiger partial charge in [0.05, 0.1) is 21.9 Å². The van der Waals surface area contributed by atoms with Crippen LogP contribution in [0.25, 0.3) is 0 Å². The molecule has 19 heavy (non-hydrogen) atoms. The minimum Gasteiger partial charge on any atom is -0.462 e. The summed E-state index contributed by atoms with van der Waals surface area (Å²) in [6, 6.07) is 3.53. The third kappa shape index (κ3) is 3.85. The first kappa shape index (κ1) is 15.3. The highest BCUT2D eigenvalue weighted by Gasteiger charge is 2.20. The number of ether oxygens (including phenoxy) is 1. The zero-order chi connectivity index (χ0) is 14.6. The predicted molar refractivity (Wildman–Crippen MR) is 71.8 cm³/mol. The van der Waals surface area contributed by atoms with Crippen LogP contribution < -0.4 is 0 Å². The second kappa shape index (κ2) is 6.42. The minimum atomic E-state index is -0.692. The fourth-order valence-electron chi connectivity index (χ4n) is 1.42. The minimum absolute atomic E-state index is 0.00690. The van der Waals surface area contributed by atoms with Gasteiger partial charge in [-0.2, -0.15) is 0 Å². The Balaban J connectivity index is 3.29. The highest BCUT2D eigenvalue weighted by Crippen LogP contribution is 2.20. The number of carbonyl (C=O) groups excluding carboxylic acids is 2. The molecule has 6 nitrogen and oxygen atoms in total. The SMILES string of the molecule is CCOC(=O)c1cc(C(=O)C(C)Br)cc([N+](=O)[O-])c1. The molecule has 0 bridgehead atoms. The number of benzene rings is 1. The van der Waals surface area contributed by atoms with E-state index < -0.39 is 15.7 Å². The first-order valence-corrected chi connectivity index (χ1v) is 6.43. The van der Waals surface area contributed by atoms with Crippen molar-refractivity contribution in [2.24, 2.45) is 0 Å². The quantitative estimate of drug-likeness (QED) is 0.272. The van der Waals surface area contributed by atoms with Crippen LogP contribution >= 0.6 is 15.9 Å². The molecule has 102 valence electrons. The summed E-state index contributed by atoms with van der Waals surface area (Å²) in [5, 5.41) is 10.8. The normalized spacial score (nSPS) is 11.7. The fraction of sp³-hybridized carbons (Fsp3) is 0.333. The van der Waals surface area contributed by atoms with Gasteiger partial charge in [-0.1, -0.05) is 15.9 Å². The van der Waals surface area contributed by atoms with Crippen LogP contribution in [0.1, 0.15) is 34.6 Å². The molecule has 0 aliphatic carbocycles. The van der Waals surface area contributed by atoms with Gasteiger partial charge in [-0.15, -0.1) is 0 Å². The second-order valence-corrected chi connectivity index (χ2v) is 5.10. The van der Waals surface area contributed by atoms with E-state index in [-0.39, 0.29) is 29.2 Å². The summed E-state index contributed by atoms with van der Waals surface area (Å²) in [5.74, 6) is -1.03. The number of Topliss-reactive ketones (excluding diaryl/α,β-unsaturated/α-hetero) is 1. The van der Waals surface area contributed by atoms with E-state index in [1.807, 2.05) is 0 Å². The maximum absolute atomic E-state index is 11.8. The number of ketones is 1. The standard InChI is InChI=1S/C12H12BrNO5/c1-3-19-12(16)9-4-8(11(15)7(2)13)5-10(6-9)14(17)18/h4-7H,3H2,1-2H3. The number of non-ortho nitro benzene ring substituents is 1. The second-order valence-electron chi connectivity index (χ2n) is 3.73. The molecule has 1 rings (SSSR count). The number of halogens is 1. The van der Waals surface area contributed by atoms with Gasteiger partial charge in [0.1, 0.15) is 0 Å². The van der Waals surface area contributed by atoms with E-state index in [2.05, 4.69) is 15.9 Å². The van der Waals surface area contributed by atoms with Gasteiger partial charge in [0.2, 0.25) is 0 Å². The molecule has 1 aromatic rings. The highest BCUT2D eigenvalue weighted by atomic mass is 79.9. The van der Waals surface area contributed by atoms with E-state index in [1.54, 1.807) is 13.8 Å². The largest absolute Gasteiger partial charge is 0.462 e. The van der Waals surface area contributed by atoms with Crippen LogP contribution in [0.4, 0.5) is 5.69 Å². The van der Waals surface area contributed by atoms with E-state index in [4.69, 9.17) is 4.74 Å². The number of hydrogen-bond donors (Lipinski definition) is 0. The van der Waals surface area contributed by atoms with Gasteiger partial charge in [0.25, 0.3) is 5.69 Å². The number of hydrogen-bond acceptors (Lipinski definition) is 5. The lowest BCUT2D eigenvalue weighted by molar-refractivity contribution is -0.384. The van der Waals surface area contributed by atoms with Crippen molar-refractivity contribution >= 4 is 33.4 Å². The number of rotatable bonds is 5. The van der Waals surface area contributed by atoms with Crippen LogP contribution in [0, 0.1) is 10.1 Å². The van der Waals surface area contributed by atoms with Crippen molar-refractivity contribution in [3.63, 3.8) is 0 Å². The van der Waals surface area contributed by atoms with Gasteiger partial charge in [-0.05, 0) is 19.9 Å². The maximum Gasteiger partial charge on any atom is 0.338 e. The molecule has 0 spiro atoms. The Bertz CT molecular complexity index is 527. The topological polar surface area (TPSA) is 86.5 Å². The molecule has 1 atom stereocenters. The molecule has 1 aromatic carbocycles. The molecule has 7 heteroatoms. The van der Waals surface area contributed by atoms with Crippen molar-refractivity contribution in [3.05, 3.63) is 39.4 Å². The predicted octanol–water partition coefficient (Wildman–Crippen LogP) is 2.74. The average molecular weight is 330 g/mol. The summed E-state index contributed by atoms with van der Waals surface area (Å²) in [6.07, 6.45) is 0. The summed E-state index contributed by atoms with van der Waals surface area (Å²) >= 11 is 3.09. The molecule has 0 heterocycles. The lowest BCUT2D eigenvalue weighted by Crippen LogP contribution is -2.13. The van der Waals surface area contributed by atoms with E-state index in [9.17, 15) is 19.7 Å². The molecule has 0 saturated carbocycles. The number of nitrogens with zero attached hydrogens (tertiary/aromatic N) is 1. The number of carbonyl (C=O) groups is 2. The van der Waals surface area contributed by atoms with Crippen LogP contribution in [0.5, 0.6) is 0 Å². The zero-order valence-corrected chi connectivity index (χ0v) is 12.0. The van der Waals surface area contributed by atoms with E-state index in [0.717, 1.165) is 12.1 Å². The Labute approximate surface area is 118 Å². The lowest BCUT2D eigenvalue weighted by Gasteiger charge is -2.06. The Hall–Kier alpha value is -1.76. The van der Waals surface area contributed by atoms with Crippen molar-refractivity contribution in [1.29, 1.82) is 0 Å². The molecule has 0 N–H and O–H groups in total. The molecular formula is C12H12BrNO5. The van der Waals surface area contributed by atoms with Gasteiger partial charge in [-0.3, -0.25) is 14.9 Å². The summed E-state index contributed by atoms with van der Waals surface area (Å²) in [5.41, 5.74) is -0.226. The van der Waals surface area contributed by atoms with E-state index in [1.165, 1.54) is 6.07 Å². The van der Waals surface area contributed by atoms with Gasteiger partial charge >= 0.3 is 5.97 Å². The van der Waals surface area contributed by atoms with Crippen LogP contribution in [-0.4, -0.2) is 28.1 Å². The lowest BCUT2D eigenvalue weighted by atomic mass is 10.0. The zero-order valence-electron chi connectivity index (χ0n) is 10.4. The van der Waals surface area contributed by atoms with E-state index >= 15 is 0 Å². The van der Waals surface area contributed by atoms with Crippen molar-refractivity contribution in [1.82, 2.24) is 0 Å². The first-order valence-electron chi connectivity index (χ1n) is 5.51. The van der Waals surface area contributed by atoms with E-state index in [0.29, 0.717) is 0 Å². The van der Waals surface area contributed by atoms with Gasteiger partial charge in [0, 0.05) is 17.7 Å². The number of esters is 1. The third-order valence-corrected chi connectivity index (χ3v) is 2.70. The average Bonchev–Trinajstić information content (AvgIpc) is 2.37. The Morgan fingerprint density at radius 2 is 1.95 bits per heavy atom. The Morgan fingerprint density at radius 3 is 2.42 bits per heavy atom. The molecule has 0 aliphatic rings. The maximum atomic E-state index is 11.8. The smallest absolute Gasteiger partial charge is 0.338 e. The Kier molecular flexibility index (Phi) is 5.17. The van der Waals surface area contributed by atoms with Gasteiger partial charge in [-0.25, -0.2) is 4.79 Å². The van der Waals surface area contributed by atoms with Gasteiger partial charge < -0.3 is 4.74 Å². The number of nitro benzene ring substituents is 1. The molecule has 0 aliphatic heterocycles. The number of nitro groups is 1. The first-order chi connectivity index (χ1) is 8.86. The highest BCUT2D eigenvalue weighted by molar-refractivity contribution is 9.10. The molecule has 0 amide bonds. The molecule has 0 fully saturated rings. The fourth-order valence-corrected chi connectivity index (χ4v) is 1.69. The van der Waals surface area contributed by atoms with Gasteiger partial charge in [0.15, 0.2) is 5.78 Å². The third-order valence-electron chi connectivity index (χ3n) is 2.29. The molecule has 0 saturated heterocycles. The van der Waals surface area contributed by atoms with Crippen LogP contribution in [-0.2, 0) is 4.74 Å². The molecule has 1 unspecified atom stereocenters. The van der Waals surface area contributed by atoms with Crippen molar-refractivity contribution in [3.8, 4) is 0 Å². The number of alkyl halides is 1.